The Morgan fingerprint density at radius 3 is 2.75 bits per heavy atom. The van der Waals surface area contributed by atoms with E-state index in [-0.39, 0.29) is 0 Å². The van der Waals surface area contributed by atoms with Crippen LogP contribution in [0.25, 0.3) is 16.6 Å². The van der Waals surface area contributed by atoms with Gasteiger partial charge in [0.15, 0.2) is 17.4 Å². The highest BCUT2D eigenvalue weighted by Gasteiger charge is 2.19. The van der Waals surface area contributed by atoms with Crippen molar-refractivity contribution in [2.75, 3.05) is 0 Å². The smallest absolute Gasteiger partial charge is 0.193 e. The number of aromatic nitrogens is 4. The van der Waals surface area contributed by atoms with E-state index >= 15 is 0 Å². The van der Waals surface area contributed by atoms with E-state index in [2.05, 4.69) is 15.5 Å². The van der Waals surface area contributed by atoms with Crippen LogP contribution in [-0.2, 0) is 0 Å². The van der Waals surface area contributed by atoms with E-state index in [1.165, 1.54) is 6.21 Å². The fourth-order valence-corrected chi connectivity index (χ4v) is 1.98. The largest absolute Gasteiger partial charge is 0.623 e. The SMILES string of the molecule is CC(C)(C)[N+]([O-])=Cc1cc2ccccc2n2nnnc12. The minimum atomic E-state index is -0.504. The van der Waals surface area contributed by atoms with Crippen LogP contribution in [-0.4, -0.2) is 36.5 Å². The maximum absolute atomic E-state index is 12.1. The Labute approximate surface area is 115 Å². The lowest BCUT2D eigenvalue weighted by molar-refractivity contribution is -0.530. The van der Waals surface area contributed by atoms with Gasteiger partial charge in [-0.3, -0.25) is 0 Å². The first kappa shape index (κ1) is 12.5. The van der Waals surface area contributed by atoms with Crippen LogP contribution in [0.2, 0.25) is 0 Å². The van der Waals surface area contributed by atoms with Gasteiger partial charge in [-0.1, -0.05) is 18.2 Å². The predicted octanol–water partition coefficient (Wildman–Crippen LogP) is 2.01. The van der Waals surface area contributed by atoms with Crippen molar-refractivity contribution in [3.8, 4) is 0 Å². The van der Waals surface area contributed by atoms with Crippen molar-refractivity contribution < 1.29 is 4.74 Å². The third-order valence-electron chi connectivity index (χ3n) is 3.12. The number of para-hydroxylation sites is 1. The van der Waals surface area contributed by atoms with Crippen LogP contribution in [0.15, 0.2) is 30.3 Å². The third-order valence-corrected chi connectivity index (χ3v) is 3.12. The lowest BCUT2D eigenvalue weighted by Crippen LogP contribution is -2.29. The monoisotopic (exact) mass is 269 g/mol. The molecule has 3 rings (SSSR count). The van der Waals surface area contributed by atoms with Crippen LogP contribution in [0.5, 0.6) is 0 Å². The molecule has 20 heavy (non-hydrogen) atoms. The van der Waals surface area contributed by atoms with Gasteiger partial charge >= 0.3 is 0 Å². The Hall–Kier alpha value is -2.50. The van der Waals surface area contributed by atoms with Crippen molar-refractivity contribution in [3.05, 3.63) is 41.1 Å². The highest BCUT2D eigenvalue weighted by Crippen LogP contribution is 2.18. The van der Waals surface area contributed by atoms with E-state index in [1.807, 2.05) is 51.1 Å². The van der Waals surface area contributed by atoms with Crippen molar-refractivity contribution in [2.24, 2.45) is 0 Å². The summed E-state index contributed by atoms with van der Waals surface area (Å²) in [5, 5.41) is 24.8. The first-order valence-corrected chi connectivity index (χ1v) is 6.38. The van der Waals surface area contributed by atoms with E-state index in [0.717, 1.165) is 15.6 Å². The van der Waals surface area contributed by atoms with Gasteiger partial charge < -0.3 is 5.21 Å². The van der Waals surface area contributed by atoms with E-state index < -0.39 is 5.54 Å². The molecular weight excluding hydrogens is 254 g/mol. The number of hydroxylamine groups is 1. The molecule has 0 amide bonds. The fraction of sp³-hybridized carbons (Fsp3) is 0.286. The maximum atomic E-state index is 12.1. The molecular formula is C14H15N5O. The van der Waals surface area contributed by atoms with Crippen LogP contribution < -0.4 is 0 Å². The van der Waals surface area contributed by atoms with Gasteiger partial charge in [0, 0.05) is 26.2 Å². The Morgan fingerprint density at radius 1 is 1.25 bits per heavy atom. The van der Waals surface area contributed by atoms with Crippen LogP contribution in [0.1, 0.15) is 26.3 Å². The highest BCUT2D eigenvalue weighted by atomic mass is 16.5. The zero-order chi connectivity index (χ0) is 14.3. The molecule has 2 heterocycles. The Balaban J connectivity index is 2.32. The molecule has 6 heteroatoms. The molecule has 0 saturated heterocycles. The Morgan fingerprint density at radius 2 is 2.00 bits per heavy atom. The predicted molar refractivity (Wildman–Crippen MR) is 76.8 cm³/mol. The molecule has 0 aliphatic heterocycles. The number of benzene rings is 1. The van der Waals surface area contributed by atoms with Gasteiger partial charge in [-0.25, -0.2) is 4.74 Å². The molecule has 0 atom stereocenters. The van der Waals surface area contributed by atoms with Crippen LogP contribution in [0, 0.1) is 5.21 Å². The number of pyridine rings is 1. The van der Waals surface area contributed by atoms with Crippen LogP contribution >= 0.6 is 0 Å². The fourth-order valence-electron chi connectivity index (χ4n) is 1.98. The third kappa shape index (κ3) is 1.99. The summed E-state index contributed by atoms with van der Waals surface area (Å²) in [5.74, 6) is 0. The second-order valence-electron chi connectivity index (χ2n) is 5.70. The van der Waals surface area contributed by atoms with Crippen molar-refractivity contribution in [2.45, 2.75) is 26.3 Å². The minimum Gasteiger partial charge on any atom is -0.623 e. The summed E-state index contributed by atoms with van der Waals surface area (Å²) in [6.45, 7) is 5.57. The van der Waals surface area contributed by atoms with Gasteiger partial charge in [-0.05, 0) is 22.6 Å². The zero-order valence-corrected chi connectivity index (χ0v) is 11.6. The molecule has 0 bridgehead atoms. The standard InChI is InChI=1S/C14H15N5O/c1-14(2,3)18(20)9-11-8-10-6-4-5-7-12(10)19-13(11)15-16-17-19/h4-9H,1-3H3. The second-order valence-corrected chi connectivity index (χ2v) is 5.70. The van der Waals surface area contributed by atoms with Gasteiger partial charge in [0.1, 0.15) is 0 Å². The molecule has 1 aromatic carbocycles. The molecule has 0 aliphatic carbocycles. The number of nitrogens with zero attached hydrogens (tertiary/aromatic N) is 5. The second kappa shape index (κ2) is 4.26. The lowest BCUT2D eigenvalue weighted by atomic mass is 10.1. The summed E-state index contributed by atoms with van der Waals surface area (Å²) in [4.78, 5) is 0. The lowest BCUT2D eigenvalue weighted by Gasteiger charge is -2.18. The summed E-state index contributed by atoms with van der Waals surface area (Å²) in [7, 11) is 0. The van der Waals surface area contributed by atoms with Gasteiger partial charge in [0.2, 0.25) is 0 Å². The summed E-state index contributed by atoms with van der Waals surface area (Å²) in [5.41, 5.74) is 1.70. The summed E-state index contributed by atoms with van der Waals surface area (Å²) in [6.07, 6.45) is 1.54. The molecule has 102 valence electrons. The number of hydrogen-bond donors (Lipinski definition) is 0. The quantitative estimate of drug-likeness (QED) is 0.293. The topological polar surface area (TPSA) is 69.2 Å². The van der Waals surface area contributed by atoms with Crippen LogP contribution in [0.4, 0.5) is 0 Å². The Bertz CT molecular complexity index is 813. The average Bonchev–Trinajstić information content (AvgIpc) is 2.87. The number of tetrazole rings is 1. The van der Waals surface area contributed by atoms with Gasteiger partial charge in [-0.15, -0.1) is 5.10 Å². The molecule has 0 saturated carbocycles. The van der Waals surface area contributed by atoms with Crippen molar-refractivity contribution in [1.82, 2.24) is 20.0 Å². The molecule has 2 aromatic heterocycles. The Kier molecular flexibility index (Phi) is 2.67. The number of rotatable bonds is 1. The number of fused-ring (bicyclic) bond motifs is 3. The maximum Gasteiger partial charge on any atom is 0.193 e. The molecule has 0 N–H and O–H groups in total. The van der Waals surface area contributed by atoms with Gasteiger partial charge in [0.05, 0.1) is 11.1 Å². The average molecular weight is 269 g/mol. The summed E-state index contributed by atoms with van der Waals surface area (Å²) < 4.78 is 2.57. The molecule has 0 radical (unpaired) electrons. The molecule has 0 fully saturated rings. The van der Waals surface area contributed by atoms with Crippen molar-refractivity contribution in [1.29, 1.82) is 0 Å². The van der Waals surface area contributed by atoms with Gasteiger partial charge in [-0.2, -0.15) is 4.52 Å². The van der Waals surface area contributed by atoms with Crippen molar-refractivity contribution >= 4 is 22.8 Å². The van der Waals surface area contributed by atoms with E-state index in [1.54, 1.807) is 4.52 Å². The summed E-state index contributed by atoms with van der Waals surface area (Å²) in [6, 6.07) is 9.72. The molecule has 0 spiro atoms. The highest BCUT2D eigenvalue weighted by molar-refractivity contribution is 5.93. The first-order valence-electron chi connectivity index (χ1n) is 6.38. The van der Waals surface area contributed by atoms with Gasteiger partial charge in [0.25, 0.3) is 0 Å². The van der Waals surface area contributed by atoms with E-state index in [9.17, 15) is 5.21 Å². The number of hydrogen-bond acceptors (Lipinski definition) is 4. The van der Waals surface area contributed by atoms with Crippen LogP contribution in [0.3, 0.4) is 0 Å². The molecule has 0 unspecified atom stereocenters. The normalized spacial score (nSPS) is 13.2. The van der Waals surface area contributed by atoms with E-state index in [4.69, 9.17) is 0 Å². The van der Waals surface area contributed by atoms with E-state index in [0.29, 0.717) is 11.2 Å². The minimum absolute atomic E-state index is 0.504. The summed E-state index contributed by atoms with van der Waals surface area (Å²) >= 11 is 0. The first-order chi connectivity index (χ1) is 9.47. The molecule has 6 nitrogen and oxygen atoms in total. The molecule has 0 aliphatic rings. The zero-order valence-electron chi connectivity index (χ0n) is 11.6. The molecule has 3 aromatic rings. The van der Waals surface area contributed by atoms with Crippen molar-refractivity contribution in [3.63, 3.8) is 0 Å².